The normalized spacial score (nSPS) is 10.3. The van der Waals surface area contributed by atoms with Crippen LogP contribution >= 0.6 is 0 Å². The number of hydrogen-bond acceptors (Lipinski definition) is 4. The Labute approximate surface area is 106 Å². The minimum Gasteiger partial charge on any atom is -0.503 e. The Hall–Kier alpha value is -2.04. The molecule has 18 heavy (non-hydrogen) atoms. The molecule has 0 aromatic heterocycles. The van der Waals surface area contributed by atoms with Crippen molar-refractivity contribution in [1.29, 1.82) is 0 Å². The maximum Gasteiger partial charge on any atom is 0.227 e. The number of phenolic OH excluding ortho intramolecular Hbond substituents is 1. The van der Waals surface area contributed by atoms with Crippen molar-refractivity contribution in [2.24, 2.45) is 5.92 Å². The summed E-state index contributed by atoms with van der Waals surface area (Å²) in [5.41, 5.74) is 0.543. The summed E-state index contributed by atoms with van der Waals surface area (Å²) in [4.78, 5) is 22.9. The van der Waals surface area contributed by atoms with E-state index in [-0.39, 0.29) is 34.8 Å². The highest BCUT2D eigenvalue weighted by atomic mass is 16.5. The maximum atomic E-state index is 11.6. The number of benzene rings is 1. The van der Waals surface area contributed by atoms with Gasteiger partial charge in [-0.15, -0.1) is 0 Å². The van der Waals surface area contributed by atoms with Gasteiger partial charge in [-0.1, -0.05) is 13.8 Å². The lowest BCUT2D eigenvalue weighted by atomic mass is 10.1. The Morgan fingerprint density at radius 1 is 1.33 bits per heavy atom. The third-order valence-electron chi connectivity index (χ3n) is 2.48. The molecule has 0 aliphatic carbocycles. The number of ether oxygens (including phenoxy) is 1. The Morgan fingerprint density at radius 2 is 1.94 bits per heavy atom. The summed E-state index contributed by atoms with van der Waals surface area (Å²) in [6.07, 6.45) is 0. The first-order valence-corrected chi connectivity index (χ1v) is 5.59. The van der Waals surface area contributed by atoms with Crippen molar-refractivity contribution < 1.29 is 19.4 Å². The number of aromatic hydroxyl groups is 1. The number of ketones is 1. The summed E-state index contributed by atoms with van der Waals surface area (Å²) < 4.78 is 4.96. The summed E-state index contributed by atoms with van der Waals surface area (Å²) in [6, 6.07) is 2.86. The fraction of sp³-hybridized carbons (Fsp3) is 0.385. The largest absolute Gasteiger partial charge is 0.503 e. The quantitative estimate of drug-likeness (QED) is 0.635. The zero-order valence-electron chi connectivity index (χ0n) is 10.9. The van der Waals surface area contributed by atoms with Gasteiger partial charge in [0.05, 0.1) is 12.8 Å². The molecule has 0 heterocycles. The third kappa shape index (κ3) is 3.00. The second kappa shape index (κ2) is 5.53. The van der Waals surface area contributed by atoms with Crippen LogP contribution in [-0.2, 0) is 4.79 Å². The highest BCUT2D eigenvalue weighted by Crippen LogP contribution is 2.35. The van der Waals surface area contributed by atoms with Gasteiger partial charge in [-0.3, -0.25) is 9.59 Å². The van der Waals surface area contributed by atoms with E-state index < -0.39 is 0 Å². The molecule has 1 aromatic carbocycles. The van der Waals surface area contributed by atoms with Crippen LogP contribution in [0.4, 0.5) is 5.69 Å². The molecule has 1 rings (SSSR count). The molecule has 1 aromatic rings. The van der Waals surface area contributed by atoms with E-state index in [4.69, 9.17) is 4.74 Å². The first kappa shape index (κ1) is 14.0. The summed E-state index contributed by atoms with van der Waals surface area (Å²) >= 11 is 0. The van der Waals surface area contributed by atoms with E-state index in [1.54, 1.807) is 13.8 Å². The SMILES string of the molecule is COc1cc(C(C)=O)cc(NC(=O)C(C)C)c1O. The topological polar surface area (TPSA) is 75.6 Å². The lowest BCUT2D eigenvalue weighted by Crippen LogP contribution is -2.18. The van der Waals surface area contributed by atoms with Gasteiger partial charge in [0.15, 0.2) is 17.3 Å². The van der Waals surface area contributed by atoms with Gasteiger partial charge in [0.25, 0.3) is 0 Å². The molecule has 0 radical (unpaired) electrons. The molecular formula is C13H17NO4. The van der Waals surface area contributed by atoms with Crippen LogP contribution in [0.1, 0.15) is 31.1 Å². The number of hydrogen-bond donors (Lipinski definition) is 2. The van der Waals surface area contributed by atoms with Crippen molar-refractivity contribution in [3.8, 4) is 11.5 Å². The number of methoxy groups -OCH3 is 1. The number of rotatable bonds is 4. The van der Waals surface area contributed by atoms with Crippen molar-refractivity contribution in [3.05, 3.63) is 17.7 Å². The van der Waals surface area contributed by atoms with Crippen LogP contribution in [0.2, 0.25) is 0 Å². The van der Waals surface area contributed by atoms with Gasteiger partial charge < -0.3 is 15.2 Å². The summed E-state index contributed by atoms with van der Waals surface area (Å²) in [7, 11) is 1.38. The molecule has 0 spiro atoms. The smallest absolute Gasteiger partial charge is 0.227 e. The molecule has 2 N–H and O–H groups in total. The van der Waals surface area contributed by atoms with Crippen LogP contribution in [-0.4, -0.2) is 23.9 Å². The lowest BCUT2D eigenvalue weighted by Gasteiger charge is -2.13. The molecule has 0 unspecified atom stereocenters. The van der Waals surface area contributed by atoms with Crippen LogP contribution in [0, 0.1) is 5.92 Å². The maximum absolute atomic E-state index is 11.6. The fourth-order valence-electron chi connectivity index (χ4n) is 1.34. The van der Waals surface area contributed by atoms with E-state index >= 15 is 0 Å². The standard InChI is InChI=1S/C13H17NO4/c1-7(2)13(17)14-10-5-9(8(3)15)6-11(18-4)12(10)16/h5-7,16H,1-4H3,(H,14,17). The summed E-state index contributed by atoms with van der Waals surface area (Å²) in [6.45, 7) is 4.87. The van der Waals surface area contributed by atoms with E-state index in [2.05, 4.69) is 5.32 Å². The van der Waals surface area contributed by atoms with Crippen molar-refractivity contribution in [2.45, 2.75) is 20.8 Å². The molecule has 0 bridgehead atoms. The zero-order chi connectivity index (χ0) is 13.9. The molecule has 98 valence electrons. The highest BCUT2D eigenvalue weighted by Gasteiger charge is 2.16. The molecule has 5 heteroatoms. The zero-order valence-corrected chi connectivity index (χ0v) is 10.9. The molecule has 5 nitrogen and oxygen atoms in total. The van der Waals surface area contributed by atoms with Crippen LogP contribution < -0.4 is 10.1 Å². The molecule has 0 aliphatic rings. The Kier molecular flexibility index (Phi) is 4.31. The van der Waals surface area contributed by atoms with E-state index in [1.165, 1.54) is 26.2 Å². The number of Topliss-reactive ketones (excluding diaryl/α,β-unsaturated/α-hetero) is 1. The van der Waals surface area contributed by atoms with Gasteiger partial charge in [-0.05, 0) is 19.1 Å². The first-order chi connectivity index (χ1) is 8.36. The highest BCUT2D eigenvalue weighted by molar-refractivity contribution is 5.99. The molecule has 0 fully saturated rings. The Morgan fingerprint density at radius 3 is 2.39 bits per heavy atom. The van der Waals surface area contributed by atoms with Gasteiger partial charge >= 0.3 is 0 Å². The van der Waals surface area contributed by atoms with Crippen LogP contribution in [0.15, 0.2) is 12.1 Å². The van der Waals surface area contributed by atoms with Gasteiger partial charge in [-0.25, -0.2) is 0 Å². The number of phenols is 1. The monoisotopic (exact) mass is 251 g/mol. The summed E-state index contributed by atoms with van der Waals surface area (Å²) in [5, 5.41) is 12.4. The average molecular weight is 251 g/mol. The van der Waals surface area contributed by atoms with Gasteiger partial charge in [0.2, 0.25) is 5.91 Å². The van der Waals surface area contributed by atoms with Crippen molar-refractivity contribution in [3.63, 3.8) is 0 Å². The van der Waals surface area contributed by atoms with E-state index in [9.17, 15) is 14.7 Å². The third-order valence-corrected chi connectivity index (χ3v) is 2.48. The van der Waals surface area contributed by atoms with Crippen LogP contribution in [0.25, 0.3) is 0 Å². The predicted molar refractivity (Wildman–Crippen MR) is 68.1 cm³/mol. The Balaban J connectivity index is 3.21. The van der Waals surface area contributed by atoms with Crippen molar-refractivity contribution >= 4 is 17.4 Å². The van der Waals surface area contributed by atoms with Gasteiger partial charge in [0.1, 0.15) is 0 Å². The minimum atomic E-state index is -0.243. The van der Waals surface area contributed by atoms with Gasteiger partial charge in [-0.2, -0.15) is 0 Å². The van der Waals surface area contributed by atoms with Crippen LogP contribution in [0.5, 0.6) is 11.5 Å². The number of carbonyl (C=O) groups is 2. The number of anilines is 1. The molecule has 0 aliphatic heterocycles. The second-order valence-electron chi connectivity index (χ2n) is 4.27. The molecule has 0 saturated heterocycles. The number of nitrogens with one attached hydrogen (secondary N) is 1. The lowest BCUT2D eigenvalue weighted by molar-refractivity contribution is -0.118. The van der Waals surface area contributed by atoms with E-state index in [1.807, 2.05) is 0 Å². The predicted octanol–water partition coefficient (Wildman–Crippen LogP) is 2.20. The van der Waals surface area contributed by atoms with Crippen LogP contribution in [0.3, 0.4) is 0 Å². The number of carbonyl (C=O) groups excluding carboxylic acids is 2. The molecule has 0 saturated carbocycles. The Bertz CT molecular complexity index is 480. The molecule has 1 amide bonds. The first-order valence-electron chi connectivity index (χ1n) is 5.59. The van der Waals surface area contributed by atoms with Crippen molar-refractivity contribution in [2.75, 3.05) is 12.4 Å². The fourth-order valence-corrected chi connectivity index (χ4v) is 1.34. The number of amides is 1. The average Bonchev–Trinajstić information content (AvgIpc) is 2.31. The molecular weight excluding hydrogens is 234 g/mol. The summed E-state index contributed by atoms with van der Waals surface area (Å²) in [5.74, 6) is -0.670. The second-order valence-corrected chi connectivity index (χ2v) is 4.27. The minimum absolute atomic E-state index is 0.154. The van der Waals surface area contributed by atoms with E-state index in [0.717, 1.165) is 0 Å². The molecule has 0 atom stereocenters. The van der Waals surface area contributed by atoms with E-state index in [0.29, 0.717) is 5.56 Å². The van der Waals surface area contributed by atoms with Gasteiger partial charge in [0, 0.05) is 11.5 Å². The van der Waals surface area contributed by atoms with Crippen molar-refractivity contribution in [1.82, 2.24) is 0 Å².